The second kappa shape index (κ2) is 7.62. The third-order valence-electron chi connectivity index (χ3n) is 4.64. The summed E-state index contributed by atoms with van der Waals surface area (Å²) >= 11 is 0. The number of carboxylic acids is 1. The standard InChI is InChI=1S/C15H28N2O3/c1-4-11(2)13(14(19)20)17-12(18)10-15(16-3)8-6-5-7-9-15/h11,13,16H,4-10H2,1-3H3,(H,17,18)(H,19,20)/t11?,13-/m0/s1. The van der Waals surface area contributed by atoms with Crippen molar-refractivity contribution in [2.24, 2.45) is 5.92 Å². The van der Waals surface area contributed by atoms with Gasteiger partial charge >= 0.3 is 5.97 Å². The lowest BCUT2D eigenvalue weighted by atomic mass is 9.79. The highest BCUT2D eigenvalue weighted by Gasteiger charge is 2.34. The molecule has 5 heteroatoms. The monoisotopic (exact) mass is 284 g/mol. The summed E-state index contributed by atoms with van der Waals surface area (Å²) in [5.74, 6) is -1.17. The molecule has 0 spiro atoms. The molecule has 5 nitrogen and oxygen atoms in total. The maximum Gasteiger partial charge on any atom is 0.326 e. The van der Waals surface area contributed by atoms with Crippen molar-refractivity contribution in [2.75, 3.05) is 7.05 Å². The Morgan fingerprint density at radius 3 is 2.30 bits per heavy atom. The van der Waals surface area contributed by atoms with Crippen molar-refractivity contribution in [1.29, 1.82) is 0 Å². The Bertz CT molecular complexity index is 338. The van der Waals surface area contributed by atoms with Crippen LogP contribution in [0.4, 0.5) is 0 Å². The third-order valence-corrected chi connectivity index (χ3v) is 4.64. The molecule has 0 aliphatic heterocycles. The first-order chi connectivity index (χ1) is 9.44. The number of aliphatic carboxylic acids is 1. The van der Waals surface area contributed by atoms with Crippen molar-refractivity contribution in [3.63, 3.8) is 0 Å². The average Bonchev–Trinajstić information content (AvgIpc) is 2.44. The van der Waals surface area contributed by atoms with Gasteiger partial charge in [-0.1, -0.05) is 39.5 Å². The minimum absolute atomic E-state index is 0.0617. The fourth-order valence-electron chi connectivity index (χ4n) is 2.96. The molecule has 1 saturated carbocycles. The minimum atomic E-state index is -0.949. The highest BCUT2D eigenvalue weighted by Crippen LogP contribution is 2.30. The molecule has 0 bridgehead atoms. The fraction of sp³-hybridized carbons (Fsp3) is 0.867. The van der Waals surface area contributed by atoms with Gasteiger partial charge in [0.25, 0.3) is 0 Å². The Hall–Kier alpha value is -1.10. The lowest BCUT2D eigenvalue weighted by molar-refractivity contribution is -0.143. The lowest BCUT2D eigenvalue weighted by Crippen LogP contribution is -2.51. The van der Waals surface area contributed by atoms with E-state index < -0.39 is 12.0 Å². The van der Waals surface area contributed by atoms with E-state index in [-0.39, 0.29) is 17.4 Å². The maximum absolute atomic E-state index is 12.2. The zero-order valence-electron chi connectivity index (χ0n) is 12.9. The molecule has 1 rings (SSSR count). The first-order valence-corrected chi connectivity index (χ1v) is 7.65. The molecule has 0 heterocycles. The van der Waals surface area contributed by atoms with E-state index in [1.54, 1.807) is 0 Å². The maximum atomic E-state index is 12.2. The van der Waals surface area contributed by atoms with Crippen molar-refractivity contribution in [1.82, 2.24) is 10.6 Å². The average molecular weight is 284 g/mol. The lowest BCUT2D eigenvalue weighted by Gasteiger charge is -2.37. The van der Waals surface area contributed by atoms with E-state index in [1.165, 1.54) is 6.42 Å². The van der Waals surface area contributed by atoms with Crippen LogP contribution >= 0.6 is 0 Å². The van der Waals surface area contributed by atoms with Crippen LogP contribution in [-0.2, 0) is 9.59 Å². The highest BCUT2D eigenvalue weighted by atomic mass is 16.4. The molecule has 1 unspecified atom stereocenters. The van der Waals surface area contributed by atoms with Gasteiger partial charge in [0.2, 0.25) is 5.91 Å². The van der Waals surface area contributed by atoms with E-state index in [0.29, 0.717) is 6.42 Å². The molecule has 20 heavy (non-hydrogen) atoms. The second-order valence-electron chi connectivity index (χ2n) is 6.04. The fourth-order valence-corrected chi connectivity index (χ4v) is 2.96. The molecule has 1 amide bonds. The zero-order valence-corrected chi connectivity index (χ0v) is 12.9. The van der Waals surface area contributed by atoms with Crippen LogP contribution in [0.15, 0.2) is 0 Å². The molecule has 3 N–H and O–H groups in total. The van der Waals surface area contributed by atoms with E-state index >= 15 is 0 Å². The molecule has 0 aromatic rings. The first kappa shape index (κ1) is 17.0. The normalized spacial score (nSPS) is 20.9. The van der Waals surface area contributed by atoms with Crippen LogP contribution in [0.1, 0.15) is 58.8 Å². The first-order valence-electron chi connectivity index (χ1n) is 7.65. The molecule has 0 aromatic heterocycles. The summed E-state index contributed by atoms with van der Waals surface area (Å²) in [7, 11) is 1.89. The van der Waals surface area contributed by atoms with Gasteiger partial charge in [0.05, 0.1) is 0 Å². The van der Waals surface area contributed by atoms with E-state index in [1.807, 2.05) is 20.9 Å². The summed E-state index contributed by atoms with van der Waals surface area (Å²) in [6.45, 7) is 3.79. The van der Waals surface area contributed by atoms with Gasteiger partial charge in [-0.25, -0.2) is 4.79 Å². The van der Waals surface area contributed by atoms with Gasteiger partial charge in [0.15, 0.2) is 0 Å². The summed E-state index contributed by atoms with van der Waals surface area (Å²) < 4.78 is 0. The van der Waals surface area contributed by atoms with Crippen LogP contribution < -0.4 is 10.6 Å². The molecule has 2 atom stereocenters. The summed E-state index contributed by atoms with van der Waals surface area (Å²) in [4.78, 5) is 23.4. The van der Waals surface area contributed by atoms with Crippen LogP contribution in [0.25, 0.3) is 0 Å². The number of carboxylic acid groups (broad SMARTS) is 1. The Balaban J connectivity index is 2.62. The summed E-state index contributed by atoms with van der Waals surface area (Å²) in [6.07, 6.45) is 6.54. The predicted molar refractivity (Wildman–Crippen MR) is 78.5 cm³/mol. The van der Waals surface area contributed by atoms with Crippen LogP contribution in [0.3, 0.4) is 0 Å². The largest absolute Gasteiger partial charge is 0.480 e. The van der Waals surface area contributed by atoms with Crippen molar-refractivity contribution in [3.05, 3.63) is 0 Å². The van der Waals surface area contributed by atoms with Crippen molar-refractivity contribution in [2.45, 2.75) is 70.4 Å². The van der Waals surface area contributed by atoms with E-state index in [2.05, 4.69) is 10.6 Å². The van der Waals surface area contributed by atoms with Gasteiger partial charge in [-0.05, 0) is 25.8 Å². The highest BCUT2D eigenvalue weighted by molar-refractivity contribution is 5.84. The van der Waals surface area contributed by atoms with Crippen molar-refractivity contribution >= 4 is 11.9 Å². The Kier molecular flexibility index (Phi) is 6.46. The van der Waals surface area contributed by atoms with Gasteiger partial charge in [-0.2, -0.15) is 0 Å². The van der Waals surface area contributed by atoms with Crippen molar-refractivity contribution < 1.29 is 14.7 Å². The smallest absolute Gasteiger partial charge is 0.326 e. The topological polar surface area (TPSA) is 78.4 Å². The summed E-state index contributed by atoms with van der Waals surface area (Å²) in [6, 6.07) is -0.787. The van der Waals surface area contributed by atoms with E-state index in [0.717, 1.165) is 32.1 Å². The number of carbonyl (C=O) groups is 2. The van der Waals surface area contributed by atoms with Crippen LogP contribution in [0.2, 0.25) is 0 Å². The molecule has 0 aromatic carbocycles. The minimum Gasteiger partial charge on any atom is -0.480 e. The Morgan fingerprint density at radius 2 is 1.85 bits per heavy atom. The SMILES string of the molecule is CCC(C)[C@H](NC(=O)CC1(NC)CCCCC1)C(=O)O. The Labute approximate surface area is 121 Å². The van der Waals surface area contributed by atoms with Gasteiger partial charge in [-0.3, -0.25) is 4.79 Å². The van der Waals surface area contributed by atoms with Crippen LogP contribution in [-0.4, -0.2) is 35.6 Å². The van der Waals surface area contributed by atoms with Gasteiger partial charge in [0.1, 0.15) is 6.04 Å². The third kappa shape index (κ3) is 4.47. The zero-order chi connectivity index (χ0) is 15.2. The molecule has 1 fully saturated rings. The van der Waals surface area contributed by atoms with Gasteiger partial charge in [-0.15, -0.1) is 0 Å². The summed E-state index contributed by atoms with van der Waals surface area (Å²) in [5.41, 5.74) is -0.152. The van der Waals surface area contributed by atoms with Gasteiger partial charge in [0, 0.05) is 12.0 Å². The molecular formula is C15H28N2O3. The Morgan fingerprint density at radius 1 is 1.25 bits per heavy atom. The second-order valence-corrected chi connectivity index (χ2v) is 6.04. The number of rotatable bonds is 7. The molecular weight excluding hydrogens is 256 g/mol. The molecule has 1 aliphatic carbocycles. The number of amides is 1. The number of hydrogen-bond donors (Lipinski definition) is 3. The summed E-state index contributed by atoms with van der Waals surface area (Å²) in [5, 5.41) is 15.2. The van der Waals surface area contributed by atoms with Gasteiger partial charge < -0.3 is 15.7 Å². The molecule has 0 radical (unpaired) electrons. The number of nitrogens with one attached hydrogen (secondary N) is 2. The predicted octanol–water partition coefficient (Wildman–Crippen LogP) is 1.91. The van der Waals surface area contributed by atoms with Crippen molar-refractivity contribution in [3.8, 4) is 0 Å². The molecule has 116 valence electrons. The van der Waals surface area contributed by atoms with E-state index in [4.69, 9.17) is 0 Å². The quantitative estimate of drug-likeness (QED) is 0.667. The number of hydrogen-bond acceptors (Lipinski definition) is 3. The van der Waals surface area contributed by atoms with Crippen LogP contribution in [0, 0.1) is 5.92 Å². The molecule has 1 aliphatic rings. The van der Waals surface area contributed by atoms with E-state index in [9.17, 15) is 14.7 Å². The number of carbonyl (C=O) groups excluding carboxylic acids is 1. The van der Waals surface area contributed by atoms with Crippen LogP contribution in [0.5, 0.6) is 0 Å². The molecule has 0 saturated heterocycles.